The third-order valence-corrected chi connectivity index (χ3v) is 3.15. The van der Waals surface area contributed by atoms with Crippen molar-refractivity contribution in [3.63, 3.8) is 0 Å². The van der Waals surface area contributed by atoms with Gasteiger partial charge in [0.2, 0.25) is 5.91 Å². The van der Waals surface area contributed by atoms with Gasteiger partial charge in [0.1, 0.15) is 5.92 Å². The summed E-state index contributed by atoms with van der Waals surface area (Å²) in [6.45, 7) is 3.90. The molecule has 3 nitrogen and oxygen atoms in total. The molecule has 0 aliphatic carbocycles. The Balaban J connectivity index is 2.54. The summed E-state index contributed by atoms with van der Waals surface area (Å²) in [5, 5.41) is 15.7. The molecule has 4 heteroatoms. The van der Waals surface area contributed by atoms with Crippen molar-refractivity contribution >= 4 is 17.2 Å². The van der Waals surface area contributed by atoms with E-state index in [0.717, 1.165) is 12.0 Å². The van der Waals surface area contributed by atoms with Crippen molar-refractivity contribution in [1.82, 2.24) is 5.32 Å². The van der Waals surface area contributed by atoms with Gasteiger partial charge < -0.3 is 5.32 Å². The minimum atomic E-state index is -0.522. The van der Waals surface area contributed by atoms with Gasteiger partial charge in [-0.1, -0.05) is 13.3 Å². The predicted octanol–water partition coefficient (Wildman–Crippen LogP) is 2.87. The van der Waals surface area contributed by atoms with Crippen molar-refractivity contribution in [1.29, 1.82) is 5.26 Å². The third kappa shape index (κ3) is 3.35. The van der Waals surface area contributed by atoms with Crippen LogP contribution in [0.25, 0.3) is 0 Å². The Morgan fingerprint density at radius 3 is 2.94 bits per heavy atom. The van der Waals surface area contributed by atoms with E-state index in [4.69, 9.17) is 5.26 Å². The van der Waals surface area contributed by atoms with E-state index in [-0.39, 0.29) is 11.9 Å². The first-order valence-corrected chi connectivity index (χ1v) is 6.35. The van der Waals surface area contributed by atoms with Crippen LogP contribution in [0, 0.1) is 17.2 Å². The maximum atomic E-state index is 11.7. The number of hydrogen-bond acceptors (Lipinski definition) is 3. The van der Waals surface area contributed by atoms with Crippen LogP contribution in [0.4, 0.5) is 0 Å². The van der Waals surface area contributed by atoms with E-state index >= 15 is 0 Å². The van der Waals surface area contributed by atoms with Gasteiger partial charge in [-0.2, -0.15) is 16.6 Å². The fourth-order valence-corrected chi connectivity index (χ4v) is 2.22. The number of thiophene rings is 1. The molecule has 1 aromatic rings. The highest BCUT2D eigenvalue weighted by Gasteiger charge is 2.19. The number of nitrogens with one attached hydrogen (secondary N) is 1. The van der Waals surface area contributed by atoms with Gasteiger partial charge in [-0.15, -0.1) is 0 Å². The molecule has 0 fully saturated rings. The smallest absolute Gasteiger partial charge is 0.237 e. The molecule has 86 valence electrons. The zero-order chi connectivity index (χ0) is 12.0. The Bertz CT molecular complexity index is 367. The first-order chi connectivity index (χ1) is 7.69. The van der Waals surface area contributed by atoms with Crippen LogP contribution in [-0.2, 0) is 4.79 Å². The van der Waals surface area contributed by atoms with Gasteiger partial charge in [-0.3, -0.25) is 4.79 Å². The largest absolute Gasteiger partial charge is 0.348 e. The van der Waals surface area contributed by atoms with Crippen LogP contribution >= 0.6 is 11.3 Å². The van der Waals surface area contributed by atoms with E-state index in [2.05, 4.69) is 5.32 Å². The molecule has 0 aliphatic rings. The summed E-state index contributed by atoms with van der Waals surface area (Å²) in [4.78, 5) is 11.7. The van der Waals surface area contributed by atoms with E-state index in [1.54, 1.807) is 11.3 Å². The molecule has 1 amide bonds. The van der Waals surface area contributed by atoms with Gasteiger partial charge in [0.25, 0.3) is 0 Å². The molecule has 0 radical (unpaired) electrons. The van der Waals surface area contributed by atoms with Crippen LogP contribution in [0.15, 0.2) is 16.8 Å². The minimum Gasteiger partial charge on any atom is -0.348 e. The number of carbonyl (C=O) groups is 1. The van der Waals surface area contributed by atoms with E-state index in [0.29, 0.717) is 6.42 Å². The first-order valence-electron chi connectivity index (χ1n) is 5.41. The molecule has 2 unspecified atom stereocenters. The lowest BCUT2D eigenvalue weighted by molar-refractivity contribution is -0.124. The Morgan fingerprint density at radius 2 is 2.44 bits per heavy atom. The van der Waals surface area contributed by atoms with Crippen molar-refractivity contribution in [2.75, 3.05) is 0 Å². The quantitative estimate of drug-likeness (QED) is 0.854. The minimum absolute atomic E-state index is 0.0218. The number of carbonyl (C=O) groups excluding carboxylic acids is 1. The highest BCUT2D eigenvalue weighted by atomic mass is 32.1. The van der Waals surface area contributed by atoms with E-state index in [1.165, 1.54) is 0 Å². The average molecular weight is 236 g/mol. The summed E-state index contributed by atoms with van der Waals surface area (Å²) in [5.41, 5.74) is 1.09. The third-order valence-electron chi connectivity index (χ3n) is 2.45. The SMILES string of the molecule is CCCC(C#N)C(=O)NC(C)c1ccsc1. The van der Waals surface area contributed by atoms with Crippen LogP contribution in [0.2, 0.25) is 0 Å². The van der Waals surface area contributed by atoms with Crippen molar-refractivity contribution in [3.05, 3.63) is 22.4 Å². The molecule has 0 bridgehead atoms. The van der Waals surface area contributed by atoms with Crippen LogP contribution < -0.4 is 5.32 Å². The van der Waals surface area contributed by atoms with Crippen LogP contribution in [-0.4, -0.2) is 5.91 Å². The van der Waals surface area contributed by atoms with E-state index < -0.39 is 5.92 Å². The summed E-state index contributed by atoms with van der Waals surface area (Å²) in [5.74, 6) is -0.686. The van der Waals surface area contributed by atoms with Crippen molar-refractivity contribution in [2.24, 2.45) is 5.92 Å². The van der Waals surface area contributed by atoms with E-state index in [1.807, 2.05) is 36.7 Å². The van der Waals surface area contributed by atoms with Crippen molar-refractivity contribution < 1.29 is 4.79 Å². The van der Waals surface area contributed by atoms with Crippen LogP contribution in [0.1, 0.15) is 38.3 Å². The van der Waals surface area contributed by atoms with Gasteiger partial charge in [-0.05, 0) is 35.7 Å². The van der Waals surface area contributed by atoms with Gasteiger partial charge >= 0.3 is 0 Å². The molecule has 0 aliphatic heterocycles. The highest BCUT2D eigenvalue weighted by Crippen LogP contribution is 2.16. The molecule has 1 N–H and O–H groups in total. The number of hydrogen-bond donors (Lipinski definition) is 1. The summed E-state index contributed by atoms with van der Waals surface area (Å²) >= 11 is 1.60. The lowest BCUT2D eigenvalue weighted by Crippen LogP contribution is -2.32. The topological polar surface area (TPSA) is 52.9 Å². The second-order valence-corrected chi connectivity index (χ2v) is 4.54. The molecular weight excluding hydrogens is 220 g/mol. The van der Waals surface area contributed by atoms with Crippen LogP contribution in [0.5, 0.6) is 0 Å². The molecule has 0 spiro atoms. The zero-order valence-corrected chi connectivity index (χ0v) is 10.4. The molecule has 2 atom stereocenters. The average Bonchev–Trinajstić information content (AvgIpc) is 2.78. The maximum Gasteiger partial charge on any atom is 0.237 e. The first kappa shape index (κ1) is 12.7. The lowest BCUT2D eigenvalue weighted by atomic mass is 10.0. The van der Waals surface area contributed by atoms with Crippen molar-refractivity contribution in [2.45, 2.75) is 32.7 Å². The monoisotopic (exact) mass is 236 g/mol. The summed E-state index contributed by atoms with van der Waals surface area (Å²) in [6.07, 6.45) is 1.47. The second kappa shape index (κ2) is 6.29. The molecule has 0 saturated heterocycles. The van der Waals surface area contributed by atoms with Crippen molar-refractivity contribution in [3.8, 4) is 6.07 Å². The van der Waals surface area contributed by atoms with Gasteiger partial charge in [0.05, 0.1) is 12.1 Å². The molecule has 0 aromatic carbocycles. The lowest BCUT2D eigenvalue weighted by Gasteiger charge is -2.15. The number of nitrogens with zero attached hydrogens (tertiary/aromatic N) is 1. The Hall–Kier alpha value is -1.34. The fourth-order valence-electron chi connectivity index (χ4n) is 1.46. The van der Waals surface area contributed by atoms with Gasteiger partial charge in [0, 0.05) is 0 Å². The fraction of sp³-hybridized carbons (Fsp3) is 0.500. The second-order valence-electron chi connectivity index (χ2n) is 3.76. The molecule has 16 heavy (non-hydrogen) atoms. The molecule has 1 rings (SSSR count). The maximum absolute atomic E-state index is 11.7. The van der Waals surface area contributed by atoms with Gasteiger partial charge in [0.15, 0.2) is 0 Å². The standard InChI is InChI=1S/C12H16N2OS/c1-3-4-10(7-13)12(15)14-9(2)11-5-6-16-8-11/h5-6,8-10H,3-4H2,1-2H3,(H,14,15). The predicted molar refractivity (Wildman–Crippen MR) is 64.9 cm³/mol. The Morgan fingerprint density at radius 1 is 1.69 bits per heavy atom. The van der Waals surface area contributed by atoms with E-state index in [9.17, 15) is 4.79 Å². The number of amides is 1. The van der Waals surface area contributed by atoms with Gasteiger partial charge in [-0.25, -0.2) is 0 Å². The number of nitriles is 1. The molecule has 1 heterocycles. The Kier molecular flexibility index (Phi) is 5.00. The summed E-state index contributed by atoms with van der Waals surface area (Å²) < 4.78 is 0. The van der Waals surface area contributed by atoms with Crippen LogP contribution in [0.3, 0.4) is 0 Å². The number of rotatable bonds is 5. The molecule has 0 saturated carbocycles. The zero-order valence-electron chi connectivity index (χ0n) is 9.56. The highest BCUT2D eigenvalue weighted by molar-refractivity contribution is 7.07. The molecule has 1 aromatic heterocycles. The Labute approximate surface area is 100 Å². The normalized spacial score (nSPS) is 13.8. The summed E-state index contributed by atoms with van der Waals surface area (Å²) in [6, 6.07) is 4.01. The molecular formula is C12H16N2OS. The summed E-state index contributed by atoms with van der Waals surface area (Å²) in [7, 11) is 0.